The molecule has 0 aromatic carbocycles. The minimum Gasteiger partial charge on any atom is -0.381 e. The van der Waals surface area contributed by atoms with Crippen LogP contribution < -0.4 is 10.6 Å². The molecule has 15 heavy (non-hydrogen) atoms. The van der Waals surface area contributed by atoms with Crippen molar-refractivity contribution >= 4 is 5.96 Å². The van der Waals surface area contributed by atoms with Gasteiger partial charge in [-0.25, -0.2) is 0 Å². The standard InChI is InChI=1S/C11H19N3O/c1-3-6-13-11(12-4-2)14-8-10-5-7-15-9-10/h1,10H,4-9H2,2H3,(H2,12,13,14). The largest absolute Gasteiger partial charge is 0.381 e. The van der Waals surface area contributed by atoms with Crippen LogP contribution in [0.4, 0.5) is 0 Å². The third-order valence-electron chi connectivity index (χ3n) is 2.23. The van der Waals surface area contributed by atoms with Crippen molar-refractivity contribution < 1.29 is 4.74 Å². The molecule has 1 fully saturated rings. The number of rotatable bonds is 4. The Labute approximate surface area is 91.5 Å². The highest BCUT2D eigenvalue weighted by atomic mass is 16.5. The SMILES string of the molecule is C#CCNC(=NCC1CCOC1)NCC. The summed E-state index contributed by atoms with van der Waals surface area (Å²) >= 11 is 0. The maximum Gasteiger partial charge on any atom is 0.192 e. The molecule has 1 saturated heterocycles. The summed E-state index contributed by atoms with van der Waals surface area (Å²) in [6.07, 6.45) is 6.29. The van der Waals surface area contributed by atoms with E-state index in [1.165, 1.54) is 0 Å². The topological polar surface area (TPSA) is 45.7 Å². The molecular weight excluding hydrogens is 190 g/mol. The average Bonchev–Trinajstić information content (AvgIpc) is 2.75. The second kappa shape index (κ2) is 7.13. The number of nitrogens with zero attached hydrogens (tertiary/aromatic N) is 1. The fourth-order valence-electron chi connectivity index (χ4n) is 1.42. The Hall–Kier alpha value is -1.21. The van der Waals surface area contributed by atoms with E-state index >= 15 is 0 Å². The zero-order valence-corrected chi connectivity index (χ0v) is 9.25. The van der Waals surface area contributed by atoms with Crippen molar-refractivity contribution in [3.8, 4) is 12.3 Å². The molecule has 0 amide bonds. The molecule has 0 spiro atoms. The van der Waals surface area contributed by atoms with Crippen molar-refractivity contribution in [1.82, 2.24) is 10.6 Å². The molecule has 0 saturated carbocycles. The van der Waals surface area contributed by atoms with E-state index in [2.05, 4.69) is 21.5 Å². The number of aliphatic imine (C=N–C) groups is 1. The van der Waals surface area contributed by atoms with Crippen molar-refractivity contribution in [3.63, 3.8) is 0 Å². The van der Waals surface area contributed by atoms with Gasteiger partial charge in [0, 0.05) is 25.6 Å². The number of hydrogen-bond acceptors (Lipinski definition) is 2. The number of ether oxygens (including phenoxy) is 1. The van der Waals surface area contributed by atoms with E-state index in [0.29, 0.717) is 12.5 Å². The van der Waals surface area contributed by atoms with Gasteiger partial charge in [0.15, 0.2) is 5.96 Å². The molecule has 0 aromatic rings. The fraction of sp³-hybridized carbons (Fsp3) is 0.727. The van der Waals surface area contributed by atoms with Crippen molar-refractivity contribution in [1.29, 1.82) is 0 Å². The van der Waals surface area contributed by atoms with E-state index in [9.17, 15) is 0 Å². The number of hydrogen-bond donors (Lipinski definition) is 2. The normalized spacial score (nSPS) is 21.1. The van der Waals surface area contributed by atoms with E-state index in [1.54, 1.807) is 0 Å². The van der Waals surface area contributed by atoms with Crippen LogP contribution in [0.25, 0.3) is 0 Å². The van der Waals surface area contributed by atoms with E-state index in [1.807, 2.05) is 6.92 Å². The quantitative estimate of drug-likeness (QED) is 0.395. The lowest BCUT2D eigenvalue weighted by molar-refractivity contribution is 0.187. The summed E-state index contributed by atoms with van der Waals surface area (Å²) in [5.41, 5.74) is 0. The second-order valence-corrected chi connectivity index (χ2v) is 3.51. The Morgan fingerprint density at radius 2 is 2.47 bits per heavy atom. The van der Waals surface area contributed by atoms with Crippen LogP contribution >= 0.6 is 0 Å². The molecule has 1 aliphatic heterocycles. The number of terminal acetylenes is 1. The highest BCUT2D eigenvalue weighted by Gasteiger charge is 2.14. The smallest absolute Gasteiger partial charge is 0.192 e. The first kappa shape index (κ1) is 11.9. The van der Waals surface area contributed by atoms with Gasteiger partial charge in [-0.15, -0.1) is 6.42 Å². The lowest BCUT2D eigenvalue weighted by Crippen LogP contribution is -2.37. The zero-order valence-electron chi connectivity index (χ0n) is 9.25. The van der Waals surface area contributed by atoms with Crippen LogP contribution in [0.1, 0.15) is 13.3 Å². The van der Waals surface area contributed by atoms with E-state index in [4.69, 9.17) is 11.2 Å². The Morgan fingerprint density at radius 1 is 1.60 bits per heavy atom. The molecule has 0 radical (unpaired) electrons. The van der Waals surface area contributed by atoms with Crippen molar-refractivity contribution in [2.45, 2.75) is 13.3 Å². The summed E-state index contributed by atoms with van der Waals surface area (Å²) in [7, 11) is 0. The first-order chi connectivity index (χ1) is 7.36. The minimum absolute atomic E-state index is 0.507. The third kappa shape index (κ3) is 4.71. The van der Waals surface area contributed by atoms with Crippen LogP contribution in [0.2, 0.25) is 0 Å². The van der Waals surface area contributed by atoms with E-state index < -0.39 is 0 Å². The molecule has 0 aliphatic carbocycles. The highest BCUT2D eigenvalue weighted by molar-refractivity contribution is 5.79. The third-order valence-corrected chi connectivity index (χ3v) is 2.23. The maximum atomic E-state index is 5.29. The van der Waals surface area contributed by atoms with Crippen molar-refractivity contribution in [2.24, 2.45) is 10.9 Å². The summed E-state index contributed by atoms with van der Waals surface area (Å²) in [6.45, 7) is 5.89. The van der Waals surface area contributed by atoms with Crippen molar-refractivity contribution in [2.75, 3.05) is 32.8 Å². The summed E-state index contributed by atoms with van der Waals surface area (Å²) < 4.78 is 5.29. The molecule has 1 heterocycles. The zero-order chi connectivity index (χ0) is 10.9. The Morgan fingerprint density at radius 3 is 3.07 bits per heavy atom. The van der Waals surface area contributed by atoms with Gasteiger partial charge in [0.1, 0.15) is 0 Å². The summed E-state index contributed by atoms with van der Waals surface area (Å²) in [5, 5.41) is 6.20. The van der Waals surface area contributed by atoms with Gasteiger partial charge in [0.2, 0.25) is 0 Å². The molecule has 0 bridgehead atoms. The molecule has 0 aromatic heterocycles. The predicted molar refractivity (Wildman–Crippen MR) is 61.7 cm³/mol. The van der Waals surface area contributed by atoms with Gasteiger partial charge >= 0.3 is 0 Å². The summed E-state index contributed by atoms with van der Waals surface area (Å²) in [6, 6.07) is 0. The second-order valence-electron chi connectivity index (χ2n) is 3.51. The molecule has 1 aliphatic rings. The lowest BCUT2D eigenvalue weighted by atomic mass is 10.1. The van der Waals surface area contributed by atoms with E-state index in [0.717, 1.165) is 38.7 Å². The predicted octanol–water partition coefficient (Wildman–Crippen LogP) is 0.211. The summed E-state index contributed by atoms with van der Waals surface area (Å²) in [4.78, 5) is 4.45. The van der Waals surface area contributed by atoms with Crippen molar-refractivity contribution in [3.05, 3.63) is 0 Å². The number of nitrogens with one attached hydrogen (secondary N) is 2. The minimum atomic E-state index is 0.507. The highest BCUT2D eigenvalue weighted by Crippen LogP contribution is 2.11. The van der Waals surface area contributed by atoms with Gasteiger partial charge in [-0.1, -0.05) is 5.92 Å². The average molecular weight is 209 g/mol. The van der Waals surface area contributed by atoms with Crippen LogP contribution in [-0.4, -0.2) is 38.8 Å². The first-order valence-corrected chi connectivity index (χ1v) is 5.40. The summed E-state index contributed by atoms with van der Waals surface area (Å²) in [5.74, 6) is 3.88. The molecule has 2 N–H and O–H groups in total. The van der Waals surface area contributed by atoms with Gasteiger partial charge in [-0.05, 0) is 13.3 Å². The van der Waals surface area contributed by atoms with Gasteiger partial charge in [-0.3, -0.25) is 4.99 Å². The van der Waals surface area contributed by atoms with Gasteiger partial charge in [0.05, 0.1) is 13.2 Å². The van der Waals surface area contributed by atoms with Crippen LogP contribution in [0.3, 0.4) is 0 Å². The lowest BCUT2D eigenvalue weighted by Gasteiger charge is -2.10. The fourth-order valence-corrected chi connectivity index (χ4v) is 1.42. The molecule has 1 rings (SSSR count). The van der Waals surface area contributed by atoms with Crippen LogP contribution in [0.15, 0.2) is 4.99 Å². The molecule has 84 valence electrons. The molecular formula is C11H19N3O. The monoisotopic (exact) mass is 209 g/mol. The molecule has 4 heteroatoms. The van der Waals surface area contributed by atoms with Crippen LogP contribution in [0.5, 0.6) is 0 Å². The Kier molecular flexibility index (Phi) is 5.64. The van der Waals surface area contributed by atoms with E-state index in [-0.39, 0.29) is 0 Å². The Bertz CT molecular complexity index is 239. The first-order valence-electron chi connectivity index (χ1n) is 5.40. The molecule has 1 unspecified atom stereocenters. The van der Waals surface area contributed by atoms with Crippen LogP contribution in [0, 0.1) is 18.3 Å². The van der Waals surface area contributed by atoms with Gasteiger partial charge in [-0.2, -0.15) is 0 Å². The van der Waals surface area contributed by atoms with Gasteiger partial charge < -0.3 is 15.4 Å². The van der Waals surface area contributed by atoms with Gasteiger partial charge in [0.25, 0.3) is 0 Å². The molecule has 4 nitrogen and oxygen atoms in total. The van der Waals surface area contributed by atoms with Crippen LogP contribution in [-0.2, 0) is 4.74 Å². The number of guanidine groups is 1. The Balaban J connectivity index is 2.32. The maximum absolute atomic E-state index is 5.29. The molecule has 1 atom stereocenters.